The van der Waals surface area contributed by atoms with E-state index in [4.69, 9.17) is 14.6 Å². The van der Waals surface area contributed by atoms with Gasteiger partial charge in [0.2, 0.25) is 10.0 Å². The number of piperidine rings is 1. The standard InChI is InChI=1S/C39H49N5O5S/c1-7-48-33-18-19-34(49-8-2)35(24-33)50(46,47)44-31-16-17-32(44)23-28(22-31)20-27-10-9-11-29(21-27)40-38(45)41-37-25-36(39(4,5)6)42-43(37)30-14-12-26(3)13-15-30/h9-15,18-19,21,24-25,28,31-32H,7-8,16-17,20,22-23H2,1-6H3,(H2,40,41,45). The third-order valence-electron chi connectivity index (χ3n) is 9.55. The molecule has 2 N–H and O–H groups in total. The van der Waals surface area contributed by atoms with Crippen molar-refractivity contribution in [1.29, 1.82) is 0 Å². The van der Waals surface area contributed by atoms with Crippen LogP contribution < -0.4 is 20.1 Å². The fourth-order valence-corrected chi connectivity index (χ4v) is 9.29. The molecule has 11 heteroatoms. The number of hydrogen-bond donors (Lipinski definition) is 2. The minimum absolute atomic E-state index is 0.0718. The predicted octanol–water partition coefficient (Wildman–Crippen LogP) is 8.09. The van der Waals surface area contributed by atoms with Gasteiger partial charge in [-0.15, -0.1) is 0 Å². The first kappa shape index (κ1) is 35.5. The third-order valence-corrected chi connectivity index (χ3v) is 11.6. The molecule has 2 atom stereocenters. The molecule has 10 nitrogen and oxygen atoms in total. The van der Waals surface area contributed by atoms with Crippen LogP contribution in [-0.2, 0) is 21.9 Å². The molecule has 2 aliphatic heterocycles. The molecule has 2 amide bonds. The number of hydrogen-bond acceptors (Lipinski definition) is 6. The van der Waals surface area contributed by atoms with E-state index in [1.54, 1.807) is 27.2 Å². The zero-order chi connectivity index (χ0) is 35.6. The molecule has 2 saturated heterocycles. The van der Waals surface area contributed by atoms with E-state index in [0.29, 0.717) is 42.1 Å². The minimum Gasteiger partial charge on any atom is -0.494 e. The maximum absolute atomic E-state index is 14.1. The second-order valence-electron chi connectivity index (χ2n) is 14.4. The highest BCUT2D eigenvalue weighted by molar-refractivity contribution is 7.89. The molecule has 4 aromatic rings. The number of fused-ring (bicyclic) bond motifs is 2. The summed E-state index contributed by atoms with van der Waals surface area (Å²) in [6, 6.07) is 22.4. The van der Waals surface area contributed by atoms with Crippen molar-refractivity contribution in [1.82, 2.24) is 14.1 Å². The minimum atomic E-state index is -3.80. The summed E-state index contributed by atoms with van der Waals surface area (Å²) in [6.07, 6.45) is 4.04. The van der Waals surface area contributed by atoms with Crippen molar-refractivity contribution in [3.05, 3.63) is 89.6 Å². The molecule has 6 rings (SSSR count). The number of amides is 2. The highest BCUT2D eigenvalue weighted by atomic mass is 32.2. The molecule has 2 unspecified atom stereocenters. The monoisotopic (exact) mass is 699 g/mol. The van der Waals surface area contributed by atoms with Crippen LogP contribution in [0.4, 0.5) is 16.3 Å². The van der Waals surface area contributed by atoms with Gasteiger partial charge in [-0.25, -0.2) is 17.9 Å². The molecule has 2 aliphatic rings. The largest absolute Gasteiger partial charge is 0.494 e. The van der Waals surface area contributed by atoms with Crippen LogP contribution in [0.1, 0.15) is 77.1 Å². The van der Waals surface area contributed by atoms with E-state index in [9.17, 15) is 13.2 Å². The van der Waals surface area contributed by atoms with Crippen LogP contribution >= 0.6 is 0 Å². The predicted molar refractivity (Wildman–Crippen MR) is 197 cm³/mol. The molecule has 2 fully saturated rings. The second kappa shape index (κ2) is 14.5. The summed E-state index contributed by atoms with van der Waals surface area (Å²) in [5.74, 6) is 1.79. The maximum atomic E-state index is 14.1. The fraction of sp³-hybridized carbons (Fsp3) is 0.436. The first-order valence-electron chi connectivity index (χ1n) is 17.6. The lowest BCUT2D eigenvalue weighted by atomic mass is 9.87. The number of ether oxygens (including phenoxy) is 2. The molecule has 3 aromatic carbocycles. The van der Waals surface area contributed by atoms with E-state index in [2.05, 4.69) is 37.5 Å². The van der Waals surface area contributed by atoms with Gasteiger partial charge < -0.3 is 14.8 Å². The number of urea groups is 1. The number of anilines is 2. The Labute approximate surface area is 296 Å². The summed E-state index contributed by atoms with van der Waals surface area (Å²) in [7, 11) is -3.80. The van der Waals surface area contributed by atoms with E-state index in [1.165, 1.54) is 0 Å². The summed E-state index contributed by atoms with van der Waals surface area (Å²) < 4.78 is 43.2. The summed E-state index contributed by atoms with van der Waals surface area (Å²) in [5, 5.41) is 10.8. The van der Waals surface area contributed by atoms with Gasteiger partial charge in [-0.1, -0.05) is 50.6 Å². The number of nitrogens with zero attached hydrogens (tertiary/aromatic N) is 3. The zero-order valence-electron chi connectivity index (χ0n) is 29.9. The quantitative estimate of drug-likeness (QED) is 0.164. The van der Waals surface area contributed by atoms with Crippen molar-refractivity contribution < 1.29 is 22.7 Å². The Morgan fingerprint density at radius 3 is 2.26 bits per heavy atom. The van der Waals surface area contributed by atoms with Crippen LogP contribution in [0.15, 0.2) is 77.7 Å². The number of aromatic nitrogens is 2. The molecular weight excluding hydrogens is 651 g/mol. The van der Waals surface area contributed by atoms with E-state index in [-0.39, 0.29) is 28.4 Å². The number of sulfonamides is 1. The smallest absolute Gasteiger partial charge is 0.324 e. The molecule has 1 aromatic heterocycles. The first-order valence-corrected chi connectivity index (χ1v) is 19.1. The SMILES string of the molecule is CCOc1ccc(OCC)c(S(=O)(=O)N2C3CCC2CC(Cc2cccc(NC(=O)Nc4cc(C(C)(C)C)nn4-c4ccc(C)cc4)c2)C3)c1. The highest BCUT2D eigenvalue weighted by Crippen LogP contribution is 2.45. The number of rotatable bonds is 11. The number of benzene rings is 3. The Bertz CT molecular complexity index is 1920. The number of nitrogens with one attached hydrogen (secondary N) is 2. The average molecular weight is 700 g/mol. The molecule has 0 saturated carbocycles. The number of carbonyl (C=O) groups is 1. The maximum Gasteiger partial charge on any atom is 0.324 e. The van der Waals surface area contributed by atoms with Gasteiger partial charge in [0.25, 0.3) is 0 Å². The molecule has 0 aliphatic carbocycles. The Morgan fingerprint density at radius 2 is 1.60 bits per heavy atom. The van der Waals surface area contributed by atoms with Gasteiger partial charge in [-0.05, 0) is 101 Å². The summed E-state index contributed by atoms with van der Waals surface area (Å²) in [5.41, 5.74) is 4.48. The van der Waals surface area contributed by atoms with Crippen molar-refractivity contribution in [3.63, 3.8) is 0 Å². The molecule has 0 radical (unpaired) electrons. The van der Waals surface area contributed by atoms with Gasteiger partial charge in [-0.3, -0.25) is 5.32 Å². The van der Waals surface area contributed by atoms with E-state index >= 15 is 0 Å². The van der Waals surface area contributed by atoms with Gasteiger partial charge in [0, 0.05) is 35.3 Å². The Kier molecular flexibility index (Phi) is 10.3. The van der Waals surface area contributed by atoms with Gasteiger partial charge in [-0.2, -0.15) is 9.40 Å². The molecule has 0 spiro atoms. The van der Waals surface area contributed by atoms with Crippen LogP contribution in [0.5, 0.6) is 11.5 Å². The lowest BCUT2D eigenvalue weighted by Crippen LogP contribution is -2.46. The zero-order valence-corrected chi connectivity index (χ0v) is 30.7. The topological polar surface area (TPSA) is 115 Å². The molecule has 3 heterocycles. The van der Waals surface area contributed by atoms with E-state index in [0.717, 1.165) is 54.6 Å². The lowest BCUT2D eigenvalue weighted by Gasteiger charge is -2.38. The van der Waals surface area contributed by atoms with Crippen molar-refractivity contribution in [2.24, 2.45) is 5.92 Å². The van der Waals surface area contributed by atoms with Gasteiger partial charge in [0.05, 0.1) is 24.6 Å². The molecule has 266 valence electrons. The second-order valence-corrected chi connectivity index (χ2v) is 16.2. The van der Waals surface area contributed by atoms with Crippen molar-refractivity contribution in [3.8, 4) is 17.2 Å². The first-order chi connectivity index (χ1) is 23.8. The van der Waals surface area contributed by atoms with Gasteiger partial charge in [0.1, 0.15) is 22.2 Å². The van der Waals surface area contributed by atoms with Crippen LogP contribution in [0.2, 0.25) is 0 Å². The van der Waals surface area contributed by atoms with Crippen molar-refractivity contribution in [2.75, 3.05) is 23.8 Å². The Morgan fingerprint density at radius 1 is 0.900 bits per heavy atom. The van der Waals surface area contributed by atoms with Crippen LogP contribution in [0, 0.1) is 12.8 Å². The average Bonchev–Trinajstić information content (AvgIpc) is 3.61. The summed E-state index contributed by atoms with van der Waals surface area (Å²) in [6.45, 7) is 12.9. The molecule has 50 heavy (non-hydrogen) atoms. The van der Waals surface area contributed by atoms with Crippen LogP contribution in [-0.4, -0.2) is 53.8 Å². The van der Waals surface area contributed by atoms with Crippen molar-refractivity contribution >= 4 is 27.6 Å². The van der Waals surface area contributed by atoms with Gasteiger partial charge >= 0.3 is 6.03 Å². The van der Waals surface area contributed by atoms with E-state index < -0.39 is 10.0 Å². The Balaban J connectivity index is 1.13. The molecular formula is C39H49N5O5S. The lowest BCUT2D eigenvalue weighted by molar-refractivity contribution is 0.189. The van der Waals surface area contributed by atoms with E-state index in [1.807, 2.05) is 69.3 Å². The van der Waals surface area contributed by atoms with Crippen LogP contribution in [0.3, 0.4) is 0 Å². The fourth-order valence-electron chi connectivity index (χ4n) is 7.25. The van der Waals surface area contributed by atoms with Crippen LogP contribution in [0.25, 0.3) is 5.69 Å². The van der Waals surface area contributed by atoms with Crippen molar-refractivity contribution in [2.45, 2.75) is 96.0 Å². The number of aryl methyl sites for hydroxylation is 1. The molecule has 2 bridgehead atoms. The summed E-state index contributed by atoms with van der Waals surface area (Å²) >= 11 is 0. The normalized spacial score (nSPS) is 19.3. The Hall–Kier alpha value is -4.35. The summed E-state index contributed by atoms with van der Waals surface area (Å²) in [4.78, 5) is 13.5. The highest BCUT2D eigenvalue weighted by Gasteiger charge is 2.48. The third kappa shape index (κ3) is 7.68. The van der Waals surface area contributed by atoms with Gasteiger partial charge in [0.15, 0.2) is 0 Å². The number of carbonyl (C=O) groups excluding carboxylic acids is 1.